The number of rotatable bonds is 8. The molecule has 1 aromatic rings. The molecular weight excluding hydrogens is 304 g/mol. The van der Waals surface area contributed by atoms with Crippen LogP contribution in [0.3, 0.4) is 0 Å². The van der Waals surface area contributed by atoms with Crippen LogP contribution in [0.4, 0.5) is 0 Å². The van der Waals surface area contributed by atoms with Crippen molar-refractivity contribution in [2.75, 3.05) is 33.3 Å². The van der Waals surface area contributed by atoms with Crippen molar-refractivity contribution in [1.29, 1.82) is 0 Å². The van der Waals surface area contributed by atoms with Gasteiger partial charge in [-0.05, 0) is 31.8 Å². The summed E-state index contributed by atoms with van der Waals surface area (Å²) in [5.74, 6) is 3.33. The summed E-state index contributed by atoms with van der Waals surface area (Å²) in [6.07, 6.45) is 5.22. The average Bonchev–Trinajstić information content (AvgIpc) is 2.42. The molecule has 0 spiro atoms. The summed E-state index contributed by atoms with van der Waals surface area (Å²) in [6, 6.07) is 5.96. The summed E-state index contributed by atoms with van der Waals surface area (Å²) in [5.41, 5.74) is 1.11. The zero-order chi connectivity index (χ0) is 14.1. The first-order chi connectivity index (χ1) is 9.17. The van der Waals surface area contributed by atoms with Crippen LogP contribution in [0.15, 0.2) is 22.7 Å². The van der Waals surface area contributed by atoms with Crippen LogP contribution in [0.2, 0.25) is 0 Å². The van der Waals surface area contributed by atoms with Crippen molar-refractivity contribution in [2.45, 2.75) is 13.5 Å². The van der Waals surface area contributed by atoms with E-state index < -0.39 is 0 Å². The van der Waals surface area contributed by atoms with Crippen LogP contribution in [0.5, 0.6) is 5.75 Å². The minimum Gasteiger partial charge on any atom is -0.481 e. The zero-order valence-corrected chi connectivity index (χ0v) is 13.2. The Kier molecular flexibility index (Phi) is 7.57. The molecule has 0 aliphatic carbocycles. The number of hydrogen-bond acceptors (Lipinski definition) is 3. The molecule has 0 aromatic heterocycles. The van der Waals surface area contributed by atoms with E-state index in [4.69, 9.17) is 11.2 Å². The first-order valence-electron chi connectivity index (χ1n) is 6.41. The van der Waals surface area contributed by atoms with Crippen molar-refractivity contribution in [3.8, 4) is 18.1 Å². The van der Waals surface area contributed by atoms with E-state index in [-0.39, 0.29) is 0 Å². The van der Waals surface area contributed by atoms with Gasteiger partial charge in [-0.1, -0.05) is 28.8 Å². The molecule has 4 heteroatoms. The second-order valence-corrected chi connectivity index (χ2v) is 5.23. The van der Waals surface area contributed by atoms with Gasteiger partial charge in [0.05, 0.1) is 0 Å². The van der Waals surface area contributed by atoms with Gasteiger partial charge in [-0.3, -0.25) is 0 Å². The molecule has 0 unspecified atom stereocenters. The molecule has 1 aromatic carbocycles. The van der Waals surface area contributed by atoms with Crippen molar-refractivity contribution in [3.63, 3.8) is 0 Å². The Morgan fingerprint density at radius 3 is 2.95 bits per heavy atom. The van der Waals surface area contributed by atoms with Gasteiger partial charge in [0.1, 0.15) is 12.4 Å². The number of likely N-dealkylation sites (N-methyl/N-ethyl adjacent to an activating group) is 1. The van der Waals surface area contributed by atoms with Gasteiger partial charge < -0.3 is 15.0 Å². The lowest BCUT2D eigenvalue weighted by Gasteiger charge is -2.15. The minimum absolute atomic E-state index is 0.299. The number of ether oxygens (including phenoxy) is 1. The van der Waals surface area contributed by atoms with Crippen LogP contribution in [0, 0.1) is 12.3 Å². The maximum atomic E-state index is 5.53. The molecule has 19 heavy (non-hydrogen) atoms. The molecule has 0 atom stereocenters. The summed E-state index contributed by atoms with van der Waals surface area (Å²) in [5, 5.41) is 3.42. The molecule has 0 bridgehead atoms. The molecule has 1 rings (SSSR count). The van der Waals surface area contributed by atoms with Crippen molar-refractivity contribution in [3.05, 3.63) is 28.2 Å². The summed E-state index contributed by atoms with van der Waals surface area (Å²) in [6.45, 7) is 6.27. The Hall–Kier alpha value is -1.02. The molecule has 1 N–H and O–H groups in total. The molecule has 0 radical (unpaired) electrons. The van der Waals surface area contributed by atoms with Gasteiger partial charge in [0, 0.05) is 29.7 Å². The second-order valence-electron chi connectivity index (χ2n) is 4.32. The second kappa shape index (κ2) is 8.98. The fourth-order valence-electron chi connectivity index (χ4n) is 1.60. The molecular formula is C15H21BrN2O. The number of nitrogens with zero attached hydrogens (tertiary/aromatic N) is 1. The number of terminal acetylenes is 1. The molecule has 0 aliphatic heterocycles. The lowest BCUT2D eigenvalue weighted by atomic mass is 10.2. The zero-order valence-electron chi connectivity index (χ0n) is 11.6. The van der Waals surface area contributed by atoms with E-state index in [9.17, 15) is 0 Å². The van der Waals surface area contributed by atoms with Gasteiger partial charge in [0.15, 0.2) is 0 Å². The van der Waals surface area contributed by atoms with E-state index in [0.717, 1.165) is 42.0 Å². The Bertz CT molecular complexity index is 429. The molecule has 104 valence electrons. The first kappa shape index (κ1) is 16.0. The Balaban J connectivity index is 2.51. The fraction of sp³-hybridized carbons (Fsp3) is 0.467. The van der Waals surface area contributed by atoms with Gasteiger partial charge in [-0.2, -0.15) is 0 Å². The molecule has 0 saturated carbocycles. The predicted molar refractivity (Wildman–Crippen MR) is 83.3 cm³/mol. The molecule has 0 saturated heterocycles. The first-order valence-corrected chi connectivity index (χ1v) is 7.20. The lowest BCUT2D eigenvalue weighted by Crippen LogP contribution is -2.28. The van der Waals surface area contributed by atoms with E-state index >= 15 is 0 Å². The number of benzene rings is 1. The van der Waals surface area contributed by atoms with E-state index in [1.807, 2.05) is 12.1 Å². The summed E-state index contributed by atoms with van der Waals surface area (Å²) in [7, 11) is 2.11. The predicted octanol–water partition coefficient (Wildman–Crippen LogP) is 2.50. The molecule has 3 nitrogen and oxygen atoms in total. The number of nitrogens with one attached hydrogen (secondary N) is 1. The van der Waals surface area contributed by atoms with Gasteiger partial charge in [0.2, 0.25) is 0 Å². The normalized spacial score (nSPS) is 10.5. The quantitative estimate of drug-likeness (QED) is 0.587. The molecule has 0 aliphatic rings. The Morgan fingerprint density at radius 2 is 2.26 bits per heavy atom. The maximum absolute atomic E-state index is 5.53. The smallest absolute Gasteiger partial charge is 0.148 e. The third-order valence-corrected chi connectivity index (χ3v) is 3.35. The highest BCUT2D eigenvalue weighted by Crippen LogP contribution is 2.23. The van der Waals surface area contributed by atoms with Crippen molar-refractivity contribution in [2.24, 2.45) is 0 Å². The van der Waals surface area contributed by atoms with Crippen LogP contribution in [0.25, 0.3) is 0 Å². The maximum Gasteiger partial charge on any atom is 0.148 e. The highest BCUT2D eigenvalue weighted by Gasteiger charge is 2.04. The summed E-state index contributed by atoms with van der Waals surface area (Å²) in [4.78, 5) is 2.27. The third kappa shape index (κ3) is 6.11. The van der Waals surface area contributed by atoms with Crippen LogP contribution in [0.1, 0.15) is 12.5 Å². The van der Waals surface area contributed by atoms with E-state index in [1.54, 1.807) is 0 Å². The SMILES string of the molecule is C#CCOc1ccc(Br)cc1CNCCN(C)CC. The summed E-state index contributed by atoms with van der Waals surface area (Å²) >= 11 is 3.48. The van der Waals surface area contributed by atoms with E-state index in [1.165, 1.54) is 0 Å². The van der Waals surface area contributed by atoms with E-state index in [0.29, 0.717) is 6.61 Å². The van der Waals surface area contributed by atoms with Crippen molar-refractivity contribution in [1.82, 2.24) is 10.2 Å². The highest BCUT2D eigenvalue weighted by molar-refractivity contribution is 9.10. The van der Waals surface area contributed by atoms with Crippen molar-refractivity contribution < 1.29 is 4.74 Å². The highest BCUT2D eigenvalue weighted by atomic mass is 79.9. The van der Waals surface area contributed by atoms with Crippen LogP contribution in [-0.4, -0.2) is 38.2 Å². The number of hydrogen-bond donors (Lipinski definition) is 1. The molecule has 0 fully saturated rings. The van der Waals surface area contributed by atoms with E-state index in [2.05, 4.69) is 52.1 Å². The van der Waals surface area contributed by atoms with Gasteiger partial charge in [-0.15, -0.1) is 6.42 Å². The summed E-state index contributed by atoms with van der Waals surface area (Å²) < 4.78 is 6.58. The third-order valence-electron chi connectivity index (χ3n) is 2.86. The van der Waals surface area contributed by atoms with Crippen LogP contribution < -0.4 is 10.1 Å². The standard InChI is InChI=1S/C15H21BrN2O/c1-4-10-19-15-7-6-14(16)11-13(15)12-17-8-9-18(3)5-2/h1,6-7,11,17H,5,8-10,12H2,2-3H3. The van der Waals surface area contributed by atoms with Crippen LogP contribution >= 0.6 is 15.9 Å². The number of halogens is 1. The minimum atomic E-state index is 0.299. The van der Waals surface area contributed by atoms with Crippen LogP contribution in [-0.2, 0) is 6.54 Å². The van der Waals surface area contributed by atoms with Crippen molar-refractivity contribution >= 4 is 15.9 Å². The molecule has 0 amide bonds. The lowest BCUT2D eigenvalue weighted by molar-refractivity contribution is 0.345. The fourth-order valence-corrected chi connectivity index (χ4v) is 2.01. The Labute approximate surface area is 124 Å². The van der Waals surface area contributed by atoms with Gasteiger partial charge >= 0.3 is 0 Å². The average molecular weight is 325 g/mol. The monoisotopic (exact) mass is 324 g/mol. The Morgan fingerprint density at radius 1 is 1.47 bits per heavy atom. The van der Waals surface area contributed by atoms with Gasteiger partial charge in [-0.25, -0.2) is 0 Å². The topological polar surface area (TPSA) is 24.5 Å². The largest absolute Gasteiger partial charge is 0.481 e. The molecule has 0 heterocycles. The van der Waals surface area contributed by atoms with Gasteiger partial charge in [0.25, 0.3) is 0 Å².